The maximum atomic E-state index is 2.70. The van der Waals surface area contributed by atoms with Crippen molar-refractivity contribution in [1.82, 2.24) is 0 Å². The Labute approximate surface area is 287 Å². The fourth-order valence-corrected chi connectivity index (χ4v) is 11.0. The topological polar surface area (TPSA) is 3.24 Å². The van der Waals surface area contributed by atoms with Crippen LogP contribution in [-0.4, -0.2) is 5.54 Å². The van der Waals surface area contributed by atoms with E-state index in [1.54, 1.807) is 0 Å². The van der Waals surface area contributed by atoms with E-state index in [1.165, 1.54) is 112 Å². The van der Waals surface area contributed by atoms with Crippen LogP contribution in [0.5, 0.6) is 0 Å². The lowest BCUT2D eigenvalue weighted by molar-refractivity contribution is 0.0484. The SMILES string of the molecule is CC1(C)CCCC2(C)c3cc(-c4ccc5c6cc7c(cc6c6cccc4c65)c4cccc5cccc7c54)ccc3N(c3ccccc3)C12C. The predicted octanol–water partition coefficient (Wildman–Crippen LogP) is 13.5. The van der Waals surface area contributed by atoms with Crippen molar-refractivity contribution in [2.75, 3.05) is 4.90 Å². The van der Waals surface area contributed by atoms with Crippen LogP contribution >= 0.6 is 0 Å². The molecule has 0 N–H and O–H groups in total. The highest BCUT2D eigenvalue weighted by Gasteiger charge is 2.64. The second-order valence-electron chi connectivity index (χ2n) is 16.1. The van der Waals surface area contributed by atoms with Gasteiger partial charge in [0.15, 0.2) is 0 Å². The van der Waals surface area contributed by atoms with Gasteiger partial charge in [0, 0.05) is 16.8 Å². The predicted molar refractivity (Wildman–Crippen MR) is 211 cm³/mol. The third-order valence-electron chi connectivity index (χ3n) is 13.7. The van der Waals surface area contributed by atoms with E-state index >= 15 is 0 Å². The Hall–Kier alpha value is -5.14. The Morgan fingerprint density at radius 3 is 1.80 bits per heavy atom. The first kappa shape index (κ1) is 27.8. The van der Waals surface area contributed by atoms with Gasteiger partial charge in [0.25, 0.3) is 0 Å². The average Bonchev–Trinajstić information content (AvgIpc) is 3.69. The number of fused-ring (bicyclic) bond motifs is 9. The van der Waals surface area contributed by atoms with Crippen LogP contribution in [0.15, 0.2) is 127 Å². The van der Waals surface area contributed by atoms with Gasteiger partial charge in [0.2, 0.25) is 0 Å². The lowest BCUT2D eigenvalue weighted by atomic mass is 9.51. The molecule has 2 unspecified atom stereocenters. The lowest BCUT2D eigenvalue weighted by Crippen LogP contribution is -2.64. The maximum absolute atomic E-state index is 2.70. The highest BCUT2D eigenvalue weighted by Crippen LogP contribution is 2.66. The van der Waals surface area contributed by atoms with E-state index in [1.807, 2.05) is 0 Å². The summed E-state index contributed by atoms with van der Waals surface area (Å²) < 4.78 is 0. The molecule has 0 saturated heterocycles. The minimum atomic E-state index is -0.0481. The van der Waals surface area contributed by atoms with E-state index in [2.05, 4.69) is 160 Å². The van der Waals surface area contributed by atoms with E-state index in [0.29, 0.717) is 0 Å². The monoisotopic (exact) mass is 629 g/mol. The van der Waals surface area contributed by atoms with Gasteiger partial charge in [-0.3, -0.25) is 0 Å². The van der Waals surface area contributed by atoms with E-state index in [4.69, 9.17) is 0 Å². The molecule has 1 nitrogen and oxygen atoms in total. The molecule has 0 aromatic heterocycles. The fraction of sp³-hybridized carbons (Fsp3) is 0.208. The van der Waals surface area contributed by atoms with Crippen LogP contribution in [0.2, 0.25) is 0 Å². The van der Waals surface area contributed by atoms with E-state index < -0.39 is 0 Å². The fourth-order valence-electron chi connectivity index (χ4n) is 11.0. The van der Waals surface area contributed by atoms with Gasteiger partial charge in [-0.15, -0.1) is 0 Å². The summed E-state index contributed by atoms with van der Waals surface area (Å²) in [7, 11) is 0. The van der Waals surface area contributed by atoms with Gasteiger partial charge >= 0.3 is 0 Å². The largest absolute Gasteiger partial charge is 0.334 e. The molecule has 49 heavy (non-hydrogen) atoms. The number of hydrogen-bond donors (Lipinski definition) is 0. The van der Waals surface area contributed by atoms with Crippen LogP contribution in [0.25, 0.3) is 75.8 Å². The van der Waals surface area contributed by atoms with Crippen LogP contribution in [-0.2, 0) is 5.41 Å². The molecule has 1 fully saturated rings. The van der Waals surface area contributed by atoms with Crippen molar-refractivity contribution in [3.63, 3.8) is 0 Å². The molecule has 1 heteroatoms. The molecule has 0 amide bonds. The third-order valence-corrected chi connectivity index (χ3v) is 13.7. The summed E-state index contributed by atoms with van der Waals surface area (Å²) in [6, 6.07) is 48.8. The van der Waals surface area contributed by atoms with Crippen molar-refractivity contribution in [2.24, 2.45) is 5.41 Å². The zero-order valence-corrected chi connectivity index (χ0v) is 28.7. The molecular formula is C48H39N. The second kappa shape index (κ2) is 9.10. The number of anilines is 2. The van der Waals surface area contributed by atoms with Crippen LogP contribution < -0.4 is 4.90 Å². The highest BCUT2D eigenvalue weighted by molar-refractivity contribution is 6.38. The van der Waals surface area contributed by atoms with Crippen molar-refractivity contribution in [1.29, 1.82) is 0 Å². The van der Waals surface area contributed by atoms with E-state index in [9.17, 15) is 0 Å². The Balaban J connectivity index is 1.15. The summed E-state index contributed by atoms with van der Waals surface area (Å²) in [6.45, 7) is 10.1. The molecule has 2 aliphatic rings. The molecule has 9 aromatic rings. The van der Waals surface area contributed by atoms with E-state index in [0.717, 1.165) is 0 Å². The summed E-state index contributed by atoms with van der Waals surface area (Å²) in [5.41, 5.74) is 6.95. The number of rotatable bonds is 2. The zero-order valence-electron chi connectivity index (χ0n) is 28.7. The molecule has 2 atom stereocenters. The Morgan fingerprint density at radius 1 is 0.490 bits per heavy atom. The van der Waals surface area contributed by atoms with Crippen LogP contribution in [0.1, 0.15) is 52.5 Å². The standard InChI is InChI=1S/C48H39N/c1-46(2)24-11-25-47(3)42-26-30(20-23-43(42)49(48(46,47)4)31-14-6-5-7-15-31)32-21-22-37-41-28-39-35-17-9-13-29-12-8-16-34(44(29)35)38(39)27-40(41)36-19-10-18-33(32)45(36)37/h5-10,12-23,26-28H,11,24-25H2,1-4H3. The number of benzene rings is 7. The number of para-hydroxylation sites is 1. The molecule has 1 aliphatic heterocycles. The maximum Gasteiger partial charge on any atom is 0.0568 e. The first-order valence-corrected chi connectivity index (χ1v) is 18.1. The molecule has 0 spiro atoms. The van der Waals surface area contributed by atoms with Crippen molar-refractivity contribution < 1.29 is 0 Å². The highest BCUT2D eigenvalue weighted by atomic mass is 15.3. The Bertz CT molecular complexity index is 2720. The molecule has 9 aromatic carbocycles. The molecule has 236 valence electrons. The first-order chi connectivity index (χ1) is 23.8. The van der Waals surface area contributed by atoms with Crippen LogP contribution in [0.3, 0.4) is 0 Å². The molecule has 11 rings (SSSR count). The van der Waals surface area contributed by atoms with Gasteiger partial charge in [0.1, 0.15) is 0 Å². The van der Waals surface area contributed by atoms with Gasteiger partial charge in [-0.2, -0.15) is 0 Å². The number of nitrogens with zero attached hydrogens (tertiary/aromatic N) is 1. The van der Waals surface area contributed by atoms with Gasteiger partial charge in [-0.25, -0.2) is 0 Å². The minimum absolute atomic E-state index is 0.0285. The normalized spacial score (nSPS) is 21.9. The smallest absolute Gasteiger partial charge is 0.0568 e. The zero-order chi connectivity index (χ0) is 32.9. The average molecular weight is 630 g/mol. The van der Waals surface area contributed by atoms with E-state index in [-0.39, 0.29) is 16.4 Å². The molecular weight excluding hydrogens is 591 g/mol. The van der Waals surface area contributed by atoms with Gasteiger partial charge in [0.05, 0.1) is 5.54 Å². The summed E-state index contributed by atoms with van der Waals surface area (Å²) in [5, 5.41) is 16.4. The second-order valence-corrected chi connectivity index (χ2v) is 16.1. The Morgan fingerprint density at radius 2 is 1.10 bits per heavy atom. The van der Waals surface area contributed by atoms with Crippen LogP contribution in [0.4, 0.5) is 11.4 Å². The molecule has 1 heterocycles. The van der Waals surface area contributed by atoms with Crippen molar-refractivity contribution in [3.05, 3.63) is 133 Å². The van der Waals surface area contributed by atoms with Crippen molar-refractivity contribution >= 4 is 76.0 Å². The molecule has 1 aliphatic carbocycles. The number of hydrogen-bond acceptors (Lipinski definition) is 1. The summed E-state index contributed by atoms with van der Waals surface area (Å²) in [6.07, 6.45) is 3.70. The summed E-state index contributed by atoms with van der Waals surface area (Å²) >= 11 is 0. The van der Waals surface area contributed by atoms with Crippen molar-refractivity contribution in [2.45, 2.75) is 57.9 Å². The van der Waals surface area contributed by atoms with Gasteiger partial charge in [-0.1, -0.05) is 118 Å². The summed E-state index contributed by atoms with van der Waals surface area (Å²) in [4.78, 5) is 2.70. The molecule has 0 bridgehead atoms. The quantitative estimate of drug-likeness (QED) is 0.184. The van der Waals surface area contributed by atoms with Crippen molar-refractivity contribution in [3.8, 4) is 11.1 Å². The molecule has 0 radical (unpaired) electrons. The third kappa shape index (κ3) is 3.23. The molecule has 1 saturated carbocycles. The van der Waals surface area contributed by atoms with Crippen LogP contribution in [0, 0.1) is 5.41 Å². The first-order valence-electron chi connectivity index (χ1n) is 18.1. The summed E-state index contributed by atoms with van der Waals surface area (Å²) in [5.74, 6) is 0. The van der Waals surface area contributed by atoms with Gasteiger partial charge in [-0.05, 0) is 143 Å². The van der Waals surface area contributed by atoms with Gasteiger partial charge < -0.3 is 4.90 Å². The minimum Gasteiger partial charge on any atom is -0.334 e. The lowest BCUT2D eigenvalue weighted by Gasteiger charge is -2.59. The Kier molecular flexibility index (Phi) is 5.16.